The molecule has 0 bridgehead atoms. The van der Waals surface area contributed by atoms with Crippen molar-refractivity contribution >= 4 is 54.7 Å². The van der Waals surface area contributed by atoms with Crippen molar-refractivity contribution in [3.05, 3.63) is 81.0 Å². The van der Waals surface area contributed by atoms with E-state index in [-0.39, 0.29) is 11.3 Å². The van der Waals surface area contributed by atoms with Crippen molar-refractivity contribution in [2.24, 2.45) is 0 Å². The van der Waals surface area contributed by atoms with E-state index in [0.29, 0.717) is 32.8 Å². The van der Waals surface area contributed by atoms with Crippen molar-refractivity contribution < 1.29 is 9.53 Å². The number of nitrogens with one attached hydrogen (secondary N) is 1. The second kappa shape index (κ2) is 7.26. The summed E-state index contributed by atoms with van der Waals surface area (Å²) in [5.74, 6) is 0.244. The van der Waals surface area contributed by atoms with Crippen molar-refractivity contribution in [2.75, 3.05) is 12.4 Å². The first-order valence-corrected chi connectivity index (χ1v) is 9.78. The number of hydrogen-bond donors (Lipinski definition) is 1. The average molecular weight is 410 g/mol. The molecule has 28 heavy (non-hydrogen) atoms. The van der Waals surface area contributed by atoms with Crippen LogP contribution in [0, 0.1) is 6.92 Å². The number of aryl methyl sites for hydroxylation is 1. The number of halogens is 1. The predicted molar refractivity (Wildman–Crippen MR) is 116 cm³/mol. The fraction of sp³-hybridized carbons (Fsp3) is 0.0909. The van der Waals surface area contributed by atoms with Crippen LogP contribution in [0.1, 0.15) is 15.9 Å². The molecular formula is C22H16ClNO3S. The van der Waals surface area contributed by atoms with E-state index < -0.39 is 0 Å². The molecule has 0 atom stereocenters. The van der Waals surface area contributed by atoms with Crippen LogP contribution in [0.15, 0.2) is 59.4 Å². The van der Waals surface area contributed by atoms with Crippen LogP contribution in [0.25, 0.3) is 20.2 Å². The molecule has 1 N–H and O–H groups in total. The highest BCUT2D eigenvalue weighted by molar-refractivity contribution is 7.24. The fourth-order valence-corrected chi connectivity index (χ4v) is 4.41. The number of benzene rings is 3. The number of fused-ring (bicyclic) bond motifs is 2. The van der Waals surface area contributed by atoms with Gasteiger partial charge < -0.3 is 10.1 Å². The van der Waals surface area contributed by atoms with Crippen LogP contribution in [0.4, 0.5) is 5.69 Å². The zero-order chi connectivity index (χ0) is 19.8. The van der Waals surface area contributed by atoms with E-state index >= 15 is 0 Å². The smallest absolute Gasteiger partial charge is 0.259 e. The van der Waals surface area contributed by atoms with E-state index in [4.69, 9.17) is 16.3 Å². The second-order valence-corrected chi connectivity index (χ2v) is 7.91. The summed E-state index contributed by atoms with van der Waals surface area (Å²) < 4.78 is 7.09. The van der Waals surface area contributed by atoms with Gasteiger partial charge in [0.05, 0.1) is 12.7 Å². The number of ether oxygens (including phenoxy) is 1. The maximum atomic E-state index is 12.9. The van der Waals surface area contributed by atoms with Crippen LogP contribution in [-0.4, -0.2) is 13.0 Å². The second-order valence-electron chi connectivity index (χ2n) is 6.39. The first-order valence-electron chi connectivity index (χ1n) is 8.59. The Morgan fingerprint density at radius 1 is 1.04 bits per heavy atom. The Morgan fingerprint density at radius 2 is 1.75 bits per heavy atom. The number of carbonyl (C=O) groups is 1. The molecule has 0 unspecified atom stereocenters. The topological polar surface area (TPSA) is 55.4 Å². The summed E-state index contributed by atoms with van der Waals surface area (Å²) in [5, 5.41) is 4.51. The lowest BCUT2D eigenvalue weighted by molar-refractivity contribution is 0.102. The number of para-hydroxylation sites is 1. The van der Waals surface area contributed by atoms with E-state index in [0.717, 1.165) is 15.0 Å². The number of carbonyl (C=O) groups excluding carboxylic acids is 1. The monoisotopic (exact) mass is 409 g/mol. The van der Waals surface area contributed by atoms with Crippen LogP contribution in [-0.2, 0) is 0 Å². The molecule has 0 fully saturated rings. The first kappa shape index (κ1) is 18.5. The Balaban J connectivity index is 1.77. The van der Waals surface area contributed by atoms with Gasteiger partial charge in [-0.15, -0.1) is 11.3 Å². The van der Waals surface area contributed by atoms with Crippen LogP contribution < -0.4 is 15.5 Å². The summed E-state index contributed by atoms with van der Waals surface area (Å²) in [6.07, 6.45) is 0. The third-order valence-corrected chi connectivity index (χ3v) is 5.94. The number of hydrogen-bond acceptors (Lipinski definition) is 4. The minimum Gasteiger partial charge on any atom is -0.496 e. The van der Waals surface area contributed by atoms with Crippen LogP contribution in [0.5, 0.6) is 5.75 Å². The van der Waals surface area contributed by atoms with Gasteiger partial charge in [0.15, 0.2) is 5.43 Å². The summed E-state index contributed by atoms with van der Waals surface area (Å²) in [5.41, 5.74) is 1.76. The highest BCUT2D eigenvalue weighted by atomic mass is 35.5. The van der Waals surface area contributed by atoms with Gasteiger partial charge in [0.2, 0.25) is 0 Å². The fourth-order valence-electron chi connectivity index (χ4n) is 3.21. The Hall–Kier alpha value is -2.89. The van der Waals surface area contributed by atoms with Crippen molar-refractivity contribution in [1.29, 1.82) is 0 Å². The molecular weight excluding hydrogens is 394 g/mol. The molecule has 4 rings (SSSR count). The SMILES string of the molecule is COc1c(C)cccc1C(=O)Nc1ccc2sc3ccc(Cl)cc3c(=O)c2c1. The first-order chi connectivity index (χ1) is 13.5. The molecule has 0 aliphatic heterocycles. The van der Waals surface area contributed by atoms with Gasteiger partial charge in [-0.3, -0.25) is 9.59 Å². The maximum Gasteiger partial charge on any atom is 0.259 e. The minimum absolute atomic E-state index is 0.101. The molecule has 0 spiro atoms. The Morgan fingerprint density at radius 3 is 2.50 bits per heavy atom. The maximum absolute atomic E-state index is 12.9. The lowest BCUT2D eigenvalue weighted by Gasteiger charge is -2.12. The largest absolute Gasteiger partial charge is 0.496 e. The lowest BCUT2D eigenvalue weighted by Crippen LogP contribution is -2.14. The Labute approximate surface area is 170 Å². The number of rotatable bonds is 3. The lowest BCUT2D eigenvalue weighted by atomic mass is 10.1. The Kier molecular flexibility index (Phi) is 4.79. The van der Waals surface area contributed by atoms with Crippen LogP contribution in [0.2, 0.25) is 5.02 Å². The van der Waals surface area contributed by atoms with Crippen molar-refractivity contribution in [2.45, 2.75) is 6.92 Å². The normalized spacial score (nSPS) is 11.0. The third-order valence-electron chi connectivity index (χ3n) is 4.55. The van der Waals surface area contributed by atoms with E-state index in [1.165, 1.54) is 18.4 Å². The summed E-state index contributed by atoms with van der Waals surface area (Å²) in [4.78, 5) is 25.6. The number of anilines is 1. The van der Waals surface area contributed by atoms with Gasteiger partial charge in [-0.1, -0.05) is 23.7 Å². The van der Waals surface area contributed by atoms with E-state index in [1.54, 1.807) is 36.4 Å². The van der Waals surface area contributed by atoms with Gasteiger partial charge in [-0.05, 0) is 55.0 Å². The molecule has 3 aromatic carbocycles. The molecule has 0 saturated heterocycles. The molecule has 0 saturated carbocycles. The number of methoxy groups -OCH3 is 1. The van der Waals surface area contributed by atoms with Gasteiger partial charge in [-0.2, -0.15) is 0 Å². The third kappa shape index (κ3) is 3.23. The molecule has 1 heterocycles. The van der Waals surface area contributed by atoms with E-state index in [1.807, 2.05) is 25.1 Å². The van der Waals surface area contributed by atoms with Crippen LogP contribution >= 0.6 is 22.9 Å². The molecule has 0 aliphatic carbocycles. The average Bonchev–Trinajstić information content (AvgIpc) is 2.69. The number of amides is 1. The molecule has 1 amide bonds. The molecule has 4 aromatic rings. The summed E-state index contributed by atoms with van der Waals surface area (Å²) in [6.45, 7) is 1.88. The molecule has 0 aliphatic rings. The molecule has 6 heteroatoms. The van der Waals surface area contributed by atoms with Gasteiger partial charge in [0.25, 0.3) is 5.91 Å². The quantitative estimate of drug-likeness (QED) is 0.445. The highest BCUT2D eigenvalue weighted by Gasteiger charge is 2.15. The molecule has 4 nitrogen and oxygen atoms in total. The van der Waals surface area contributed by atoms with Gasteiger partial charge in [0, 0.05) is 30.9 Å². The summed E-state index contributed by atoms with van der Waals surface area (Å²) in [6, 6.07) is 16.0. The van der Waals surface area contributed by atoms with Gasteiger partial charge in [-0.25, -0.2) is 0 Å². The zero-order valence-corrected chi connectivity index (χ0v) is 16.8. The molecule has 140 valence electrons. The predicted octanol–water partition coefficient (Wildman–Crippen LogP) is 5.64. The van der Waals surface area contributed by atoms with Crippen LogP contribution in [0.3, 0.4) is 0 Å². The van der Waals surface area contributed by atoms with E-state index in [2.05, 4.69) is 5.32 Å². The van der Waals surface area contributed by atoms with Crippen molar-refractivity contribution in [3.63, 3.8) is 0 Å². The minimum atomic E-state index is -0.292. The Bertz CT molecular complexity index is 1300. The summed E-state index contributed by atoms with van der Waals surface area (Å²) >= 11 is 7.56. The highest BCUT2D eigenvalue weighted by Crippen LogP contribution is 2.29. The summed E-state index contributed by atoms with van der Waals surface area (Å²) in [7, 11) is 1.54. The zero-order valence-electron chi connectivity index (χ0n) is 15.2. The molecule has 1 aromatic heterocycles. The molecule has 0 radical (unpaired) electrons. The van der Waals surface area contributed by atoms with E-state index in [9.17, 15) is 9.59 Å². The van der Waals surface area contributed by atoms with Gasteiger partial charge >= 0.3 is 0 Å². The van der Waals surface area contributed by atoms with Gasteiger partial charge in [0.1, 0.15) is 5.75 Å². The van der Waals surface area contributed by atoms with Crippen molar-refractivity contribution in [1.82, 2.24) is 0 Å². The van der Waals surface area contributed by atoms with Crippen molar-refractivity contribution in [3.8, 4) is 5.75 Å². The standard InChI is InChI=1S/C22H16ClNO3S/c1-12-4-3-5-15(21(12)27-2)22(26)24-14-7-9-19-17(11-14)20(25)16-10-13(23)6-8-18(16)28-19/h3-11H,1-2H3,(H,24,26).